The molecule has 0 unspecified atom stereocenters. The molecule has 8 nitrogen and oxygen atoms in total. The zero-order valence-corrected chi connectivity index (χ0v) is 21.6. The Morgan fingerprint density at radius 1 is 1.06 bits per heavy atom. The molecule has 1 N–H and O–H groups in total. The predicted octanol–water partition coefficient (Wildman–Crippen LogP) is 3.23. The number of rotatable bonds is 4. The maximum Gasteiger partial charge on any atom is 0.261 e. The van der Waals surface area contributed by atoms with Crippen molar-refractivity contribution in [2.45, 2.75) is 37.8 Å². The number of methoxy groups -OCH3 is 1. The van der Waals surface area contributed by atoms with Crippen LogP contribution >= 0.6 is 0 Å². The first-order valence-electron chi connectivity index (χ1n) is 11.4. The van der Waals surface area contributed by atoms with Crippen molar-refractivity contribution >= 4 is 21.6 Å². The van der Waals surface area contributed by atoms with E-state index in [1.807, 2.05) is 14.0 Å². The minimum Gasteiger partial charge on any atom is -0.491 e. The van der Waals surface area contributed by atoms with Crippen molar-refractivity contribution in [2.75, 3.05) is 45.6 Å². The summed E-state index contributed by atoms with van der Waals surface area (Å²) in [5, 5.41) is 0. The van der Waals surface area contributed by atoms with Crippen LogP contribution in [0.2, 0.25) is 0 Å². The predicted molar refractivity (Wildman–Crippen MR) is 133 cm³/mol. The Bertz CT molecular complexity index is 1100. The van der Waals surface area contributed by atoms with E-state index in [1.165, 1.54) is 0 Å². The SMILES string of the molecule is CO[C@H]1CN(C)C(=O)c2ccc(NS(=O)(=O)c3ccc(C)cc3)cc2OC[C@@H](C)N(C)C[C@H]1C. The molecule has 2 aromatic carbocycles. The number of hydrogen-bond donors (Lipinski definition) is 1. The lowest BCUT2D eigenvalue weighted by molar-refractivity contribution is 0.0150. The Labute approximate surface area is 202 Å². The van der Waals surface area contributed by atoms with Crippen molar-refractivity contribution in [3.8, 4) is 5.75 Å². The van der Waals surface area contributed by atoms with E-state index in [0.29, 0.717) is 30.2 Å². The van der Waals surface area contributed by atoms with Gasteiger partial charge >= 0.3 is 0 Å². The number of likely N-dealkylation sites (N-methyl/N-ethyl adjacent to an activating group) is 2. The zero-order valence-electron chi connectivity index (χ0n) is 20.7. The average Bonchev–Trinajstić information content (AvgIpc) is 2.79. The second-order valence-corrected chi connectivity index (χ2v) is 10.8. The van der Waals surface area contributed by atoms with E-state index in [0.717, 1.165) is 12.1 Å². The van der Waals surface area contributed by atoms with E-state index in [-0.39, 0.29) is 28.9 Å². The van der Waals surface area contributed by atoms with Gasteiger partial charge in [-0.05, 0) is 51.1 Å². The highest BCUT2D eigenvalue weighted by atomic mass is 32.2. The minimum atomic E-state index is -3.78. The van der Waals surface area contributed by atoms with Crippen LogP contribution in [0.1, 0.15) is 29.8 Å². The van der Waals surface area contributed by atoms with Crippen molar-refractivity contribution < 1.29 is 22.7 Å². The number of fused-ring (bicyclic) bond motifs is 1. The van der Waals surface area contributed by atoms with Gasteiger partial charge in [0.15, 0.2) is 0 Å². The Morgan fingerprint density at radius 2 is 1.74 bits per heavy atom. The number of nitrogens with zero attached hydrogens (tertiary/aromatic N) is 2. The van der Waals surface area contributed by atoms with Gasteiger partial charge in [0, 0.05) is 39.4 Å². The largest absolute Gasteiger partial charge is 0.491 e. The molecular weight excluding hydrogens is 454 g/mol. The van der Waals surface area contributed by atoms with Crippen molar-refractivity contribution in [3.63, 3.8) is 0 Å². The van der Waals surface area contributed by atoms with Crippen molar-refractivity contribution in [1.82, 2.24) is 9.80 Å². The lowest BCUT2D eigenvalue weighted by atomic mass is 10.0. The lowest BCUT2D eigenvalue weighted by Gasteiger charge is -2.34. The van der Waals surface area contributed by atoms with E-state index in [9.17, 15) is 13.2 Å². The molecule has 3 atom stereocenters. The highest BCUT2D eigenvalue weighted by Crippen LogP contribution is 2.28. The quantitative estimate of drug-likeness (QED) is 0.710. The van der Waals surface area contributed by atoms with Crippen molar-refractivity contribution in [2.24, 2.45) is 5.92 Å². The van der Waals surface area contributed by atoms with Crippen molar-refractivity contribution in [1.29, 1.82) is 0 Å². The molecule has 1 heterocycles. The Morgan fingerprint density at radius 3 is 2.38 bits per heavy atom. The van der Waals surface area contributed by atoms with E-state index < -0.39 is 10.0 Å². The monoisotopic (exact) mass is 489 g/mol. The van der Waals surface area contributed by atoms with Crippen LogP contribution in [0.15, 0.2) is 47.4 Å². The van der Waals surface area contributed by atoms with Crippen LogP contribution in [0.5, 0.6) is 5.75 Å². The van der Waals surface area contributed by atoms with Gasteiger partial charge in [-0.15, -0.1) is 0 Å². The van der Waals surface area contributed by atoms with Crippen molar-refractivity contribution in [3.05, 3.63) is 53.6 Å². The third-order valence-corrected chi connectivity index (χ3v) is 7.74. The molecule has 0 aromatic heterocycles. The van der Waals surface area contributed by atoms with Gasteiger partial charge in [-0.3, -0.25) is 14.4 Å². The Balaban J connectivity index is 1.94. The highest BCUT2D eigenvalue weighted by Gasteiger charge is 2.27. The number of carbonyl (C=O) groups excluding carboxylic acids is 1. The number of nitrogens with one attached hydrogen (secondary N) is 1. The molecule has 0 radical (unpaired) electrons. The summed E-state index contributed by atoms with van der Waals surface area (Å²) in [5.41, 5.74) is 1.67. The Hall–Kier alpha value is -2.62. The first-order chi connectivity index (χ1) is 16.0. The molecule has 9 heteroatoms. The summed E-state index contributed by atoms with van der Waals surface area (Å²) in [7, 11) is 1.65. The van der Waals surface area contributed by atoms with Gasteiger partial charge in [0.2, 0.25) is 0 Å². The summed E-state index contributed by atoms with van der Waals surface area (Å²) < 4.78 is 40.1. The molecule has 1 aliphatic heterocycles. The summed E-state index contributed by atoms with van der Waals surface area (Å²) >= 11 is 0. The minimum absolute atomic E-state index is 0.0768. The third kappa shape index (κ3) is 6.08. The molecule has 186 valence electrons. The number of benzene rings is 2. The topological polar surface area (TPSA) is 88.2 Å². The fourth-order valence-corrected chi connectivity index (χ4v) is 5.00. The van der Waals surface area contributed by atoms with Crippen LogP contribution in [0.25, 0.3) is 0 Å². The van der Waals surface area contributed by atoms with E-state index in [1.54, 1.807) is 61.5 Å². The van der Waals surface area contributed by atoms with Crippen LogP contribution in [0, 0.1) is 12.8 Å². The molecule has 1 aliphatic rings. The lowest BCUT2D eigenvalue weighted by Crippen LogP contribution is -2.45. The molecule has 0 saturated heterocycles. The molecule has 0 bridgehead atoms. The smallest absolute Gasteiger partial charge is 0.261 e. The number of amides is 1. The fourth-order valence-electron chi connectivity index (χ4n) is 3.95. The molecular formula is C25H35N3O5S. The number of hydrogen-bond acceptors (Lipinski definition) is 6. The van der Waals surface area contributed by atoms with Crippen LogP contribution in [-0.4, -0.2) is 77.2 Å². The van der Waals surface area contributed by atoms with Gasteiger partial charge in [-0.25, -0.2) is 8.42 Å². The highest BCUT2D eigenvalue weighted by molar-refractivity contribution is 7.92. The van der Waals surface area contributed by atoms with Crippen LogP contribution in [0.3, 0.4) is 0 Å². The molecule has 1 amide bonds. The van der Waals surface area contributed by atoms with Gasteiger partial charge in [0.25, 0.3) is 15.9 Å². The summed E-state index contributed by atoms with van der Waals surface area (Å²) in [5.74, 6) is 0.340. The standard InChI is InChI=1S/C25H35N3O5S/c1-17-7-10-21(11-8-17)34(30,31)26-20-9-12-22-23(13-20)33-16-19(3)27(4)14-18(2)24(32-6)15-28(5)25(22)29/h7-13,18-19,24,26H,14-16H2,1-6H3/t18-,19-,24+/m1/s1. The van der Waals surface area contributed by atoms with Gasteiger partial charge in [0.1, 0.15) is 12.4 Å². The van der Waals surface area contributed by atoms with E-state index in [2.05, 4.69) is 23.5 Å². The number of carbonyl (C=O) groups is 1. The number of anilines is 1. The summed E-state index contributed by atoms with van der Waals surface area (Å²) in [6.45, 7) is 7.63. The number of sulfonamides is 1. The van der Waals surface area contributed by atoms with Gasteiger partial charge in [-0.2, -0.15) is 0 Å². The number of ether oxygens (including phenoxy) is 2. The molecule has 0 spiro atoms. The normalized spacial score (nSPS) is 22.8. The first kappa shape index (κ1) is 26.0. The first-order valence-corrected chi connectivity index (χ1v) is 12.8. The van der Waals surface area contributed by atoms with Crippen LogP contribution in [-0.2, 0) is 14.8 Å². The van der Waals surface area contributed by atoms with Gasteiger partial charge < -0.3 is 14.4 Å². The maximum atomic E-state index is 13.3. The summed E-state index contributed by atoms with van der Waals surface area (Å²) in [4.78, 5) is 17.2. The summed E-state index contributed by atoms with van der Waals surface area (Å²) in [6.07, 6.45) is -0.118. The molecule has 3 rings (SSSR count). The van der Waals surface area contributed by atoms with Crippen LogP contribution < -0.4 is 9.46 Å². The molecule has 2 aromatic rings. The number of aryl methyl sites for hydroxylation is 1. The Kier molecular flexibility index (Phi) is 8.22. The molecule has 0 saturated carbocycles. The zero-order chi connectivity index (χ0) is 25.0. The van der Waals surface area contributed by atoms with E-state index >= 15 is 0 Å². The third-order valence-electron chi connectivity index (χ3n) is 6.34. The fraction of sp³-hybridized carbons (Fsp3) is 0.480. The maximum absolute atomic E-state index is 13.3. The second-order valence-electron chi connectivity index (χ2n) is 9.17. The molecule has 0 aliphatic carbocycles. The van der Waals surface area contributed by atoms with Gasteiger partial charge in [0.05, 0.1) is 22.3 Å². The van der Waals surface area contributed by atoms with Gasteiger partial charge in [-0.1, -0.05) is 24.6 Å². The molecule has 0 fully saturated rings. The summed E-state index contributed by atoms with van der Waals surface area (Å²) in [6, 6.07) is 11.4. The van der Waals surface area contributed by atoms with Crippen LogP contribution in [0.4, 0.5) is 5.69 Å². The van der Waals surface area contributed by atoms with E-state index in [4.69, 9.17) is 9.47 Å². The molecule has 34 heavy (non-hydrogen) atoms. The average molecular weight is 490 g/mol. The second kappa shape index (κ2) is 10.8.